The number of allylic oxidation sites excluding steroid dienone is 4. The van der Waals surface area contributed by atoms with Crippen LogP contribution in [0, 0.1) is 18.4 Å². The van der Waals surface area contributed by atoms with E-state index in [-0.39, 0.29) is 44.0 Å². The van der Waals surface area contributed by atoms with Gasteiger partial charge in [0.05, 0.1) is 0 Å². The molecule has 1 radical (unpaired) electrons. The van der Waals surface area contributed by atoms with Gasteiger partial charge in [0, 0.05) is 63.9 Å². The molecule has 2 aliphatic carbocycles. The molecule has 0 spiro atoms. The maximum Gasteiger partial charge on any atom is 0.0437 e. The number of benzene rings is 4. The van der Waals surface area contributed by atoms with E-state index in [1.165, 1.54) is 48.0 Å². The quantitative estimate of drug-likeness (QED) is 0.209. The molecule has 0 bridgehead atoms. The number of hydrogen-bond acceptors (Lipinski definition) is 1. The summed E-state index contributed by atoms with van der Waals surface area (Å²) in [5.74, 6) is 0.223. The molecule has 0 saturated heterocycles. The Bertz CT molecular complexity index is 1560. The van der Waals surface area contributed by atoms with Crippen LogP contribution in [-0.2, 0) is 38.1 Å². The van der Waals surface area contributed by atoms with Crippen LogP contribution < -0.4 is 0 Å². The van der Waals surface area contributed by atoms with Crippen LogP contribution in [0.4, 0.5) is 0 Å². The van der Waals surface area contributed by atoms with Gasteiger partial charge in [-0.2, -0.15) is 30.3 Å². The molecule has 0 amide bonds. The third kappa shape index (κ3) is 2.86. The van der Waals surface area contributed by atoms with Crippen LogP contribution in [0.15, 0.2) is 109 Å². The van der Waals surface area contributed by atoms with Crippen LogP contribution in [0.2, 0.25) is 0 Å². The average molecular weight is 513 g/mol. The van der Waals surface area contributed by atoms with E-state index in [9.17, 15) is 0 Å². The summed E-state index contributed by atoms with van der Waals surface area (Å²) in [7, 11) is 0. The third-order valence-electron chi connectivity index (χ3n) is 7.09. The van der Waals surface area contributed by atoms with E-state index in [0.717, 1.165) is 0 Å². The van der Waals surface area contributed by atoms with Crippen molar-refractivity contribution in [3.05, 3.63) is 138 Å². The maximum absolute atomic E-state index is 3.63. The van der Waals surface area contributed by atoms with Gasteiger partial charge in [-0.3, -0.25) is 0 Å². The van der Waals surface area contributed by atoms with Gasteiger partial charge in [0.15, 0.2) is 0 Å². The molecule has 0 nitrogen and oxygen atoms in total. The van der Waals surface area contributed by atoms with Crippen LogP contribution in [0.5, 0.6) is 0 Å². The molecule has 7 rings (SSSR count). The van der Waals surface area contributed by atoms with Gasteiger partial charge in [0.1, 0.15) is 0 Å². The number of thiophene rings is 1. The number of hydrogen-bond donors (Lipinski definition) is 0. The minimum absolute atomic E-state index is 0. The predicted octanol–water partition coefficient (Wildman–Crippen LogP) is 8.11. The standard InChI is InChI=1S/C31H20S.Y/c1-3-11-21(12-4-1)31(22-13-5-2-6-14-22)26-17-9-7-16-25(26)29-27(31)20-19-24-23-15-8-10-18-28(23)32-30(24)29;/h1-13,15-21H;/q-2;. The first-order valence-electron chi connectivity index (χ1n) is 11.1. The van der Waals surface area contributed by atoms with Crippen molar-refractivity contribution in [2.75, 3.05) is 0 Å². The average Bonchev–Trinajstić information content (AvgIpc) is 3.39. The second-order valence-corrected chi connectivity index (χ2v) is 9.63. The van der Waals surface area contributed by atoms with Crippen molar-refractivity contribution in [2.45, 2.75) is 5.41 Å². The van der Waals surface area contributed by atoms with Gasteiger partial charge in [-0.25, -0.2) is 18.6 Å². The first kappa shape index (κ1) is 21.1. The molecular weight excluding hydrogens is 493 g/mol. The molecule has 4 aromatic carbocycles. The van der Waals surface area contributed by atoms with Gasteiger partial charge in [-0.15, -0.1) is 29.1 Å². The summed E-state index contributed by atoms with van der Waals surface area (Å²) in [6.07, 6.45) is 11.2. The fourth-order valence-corrected chi connectivity index (χ4v) is 7.09. The largest absolute Gasteiger partial charge is 0.228 e. The fourth-order valence-electron chi connectivity index (χ4n) is 5.83. The molecule has 5 aromatic rings. The Morgan fingerprint density at radius 2 is 1.64 bits per heavy atom. The summed E-state index contributed by atoms with van der Waals surface area (Å²) in [6, 6.07) is 34.7. The first-order valence-corrected chi connectivity index (χ1v) is 11.9. The van der Waals surface area contributed by atoms with E-state index >= 15 is 0 Å². The fraction of sp³-hybridized carbons (Fsp3) is 0.0645. The Kier molecular flexibility index (Phi) is 5.18. The molecule has 0 N–H and O–H groups in total. The summed E-state index contributed by atoms with van der Waals surface area (Å²) < 4.78 is 2.74. The van der Waals surface area contributed by atoms with Crippen LogP contribution in [0.1, 0.15) is 16.7 Å². The van der Waals surface area contributed by atoms with Gasteiger partial charge in [0.2, 0.25) is 0 Å². The van der Waals surface area contributed by atoms with Crippen LogP contribution >= 0.6 is 11.3 Å². The van der Waals surface area contributed by atoms with E-state index in [1.807, 2.05) is 11.3 Å². The van der Waals surface area contributed by atoms with Gasteiger partial charge < -0.3 is 0 Å². The molecule has 2 atom stereocenters. The Morgan fingerprint density at radius 3 is 2.48 bits per heavy atom. The Balaban J connectivity index is 0.00000206. The minimum Gasteiger partial charge on any atom is -0.228 e. The van der Waals surface area contributed by atoms with Crippen molar-refractivity contribution in [3.63, 3.8) is 0 Å². The normalized spacial score (nSPS) is 20.3. The van der Waals surface area contributed by atoms with Crippen molar-refractivity contribution in [3.8, 4) is 11.1 Å². The zero-order chi connectivity index (χ0) is 21.1. The van der Waals surface area contributed by atoms with Crippen molar-refractivity contribution in [1.29, 1.82) is 0 Å². The van der Waals surface area contributed by atoms with Crippen LogP contribution in [-0.4, -0.2) is 0 Å². The molecule has 1 heterocycles. The summed E-state index contributed by atoms with van der Waals surface area (Å²) >= 11 is 1.92. The molecule has 2 aliphatic rings. The predicted molar refractivity (Wildman–Crippen MR) is 136 cm³/mol. The third-order valence-corrected chi connectivity index (χ3v) is 8.29. The molecular formula is C31H20SY-2. The summed E-state index contributed by atoms with van der Waals surface area (Å²) in [5.41, 5.74) is 6.46. The van der Waals surface area contributed by atoms with E-state index in [1.54, 1.807) is 0 Å². The van der Waals surface area contributed by atoms with Crippen molar-refractivity contribution in [2.24, 2.45) is 5.92 Å². The Hall–Kier alpha value is -2.45. The molecule has 2 unspecified atom stereocenters. The van der Waals surface area contributed by atoms with Crippen molar-refractivity contribution >= 4 is 31.5 Å². The number of rotatable bonds is 2. The van der Waals surface area contributed by atoms with Crippen LogP contribution in [0.25, 0.3) is 31.3 Å². The van der Waals surface area contributed by atoms with E-state index in [4.69, 9.17) is 0 Å². The van der Waals surface area contributed by atoms with Crippen molar-refractivity contribution in [1.82, 2.24) is 0 Å². The van der Waals surface area contributed by atoms with Crippen LogP contribution in [0.3, 0.4) is 0 Å². The monoisotopic (exact) mass is 513 g/mol. The molecule has 2 heteroatoms. The maximum atomic E-state index is 3.63. The molecule has 155 valence electrons. The smallest absolute Gasteiger partial charge is 0.0437 e. The molecule has 0 fully saturated rings. The summed E-state index contributed by atoms with van der Waals surface area (Å²) in [5, 5.41) is 2.71. The second kappa shape index (κ2) is 8.10. The molecule has 0 aliphatic heterocycles. The Morgan fingerprint density at radius 1 is 0.788 bits per heavy atom. The van der Waals surface area contributed by atoms with Gasteiger partial charge >= 0.3 is 0 Å². The topological polar surface area (TPSA) is 0 Å². The first-order chi connectivity index (χ1) is 15.9. The van der Waals surface area contributed by atoms with E-state index < -0.39 is 0 Å². The minimum atomic E-state index is -0.293. The zero-order valence-electron chi connectivity index (χ0n) is 18.0. The van der Waals surface area contributed by atoms with E-state index in [2.05, 4.69) is 122 Å². The SMILES string of the molecule is [Y].[c-]1ccccc1C1(C2C=CC=C[CH-]2)c2ccccc2-c2c1ccc1c2sc2ccccc21. The zero-order valence-corrected chi connectivity index (χ0v) is 21.7. The van der Waals surface area contributed by atoms with Gasteiger partial charge in [0.25, 0.3) is 0 Å². The van der Waals surface area contributed by atoms with Crippen molar-refractivity contribution < 1.29 is 32.7 Å². The summed E-state index contributed by atoms with van der Waals surface area (Å²) in [4.78, 5) is 0. The van der Waals surface area contributed by atoms with Gasteiger partial charge in [-0.05, 0) is 22.8 Å². The summed E-state index contributed by atoms with van der Waals surface area (Å²) in [6.45, 7) is 0. The molecule has 0 saturated carbocycles. The molecule has 1 aromatic heterocycles. The van der Waals surface area contributed by atoms with E-state index in [0.29, 0.717) is 0 Å². The molecule has 33 heavy (non-hydrogen) atoms. The second-order valence-electron chi connectivity index (χ2n) is 8.58. The van der Waals surface area contributed by atoms with Gasteiger partial charge in [-0.1, -0.05) is 60.5 Å². The Labute approximate surface area is 223 Å². The number of fused-ring (bicyclic) bond motifs is 7.